The van der Waals surface area contributed by atoms with E-state index >= 15 is 0 Å². The zero-order valence-electron chi connectivity index (χ0n) is 17.9. The van der Waals surface area contributed by atoms with Crippen LogP contribution in [0.1, 0.15) is 28.4 Å². The molecule has 5 rings (SSSR count). The molecule has 3 aromatic carbocycles. The Balaban J connectivity index is 1.33. The molecule has 1 atom stereocenters. The molecule has 162 valence electrons. The van der Waals surface area contributed by atoms with Crippen LogP contribution in [0.5, 0.6) is 5.75 Å². The highest BCUT2D eigenvalue weighted by Gasteiger charge is 2.20. The van der Waals surface area contributed by atoms with Crippen molar-refractivity contribution in [2.75, 3.05) is 13.2 Å². The summed E-state index contributed by atoms with van der Waals surface area (Å²) in [4.78, 5) is 2.37. The third-order valence-electron chi connectivity index (χ3n) is 5.97. The van der Waals surface area contributed by atoms with Gasteiger partial charge in [0.15, 0.2) is 0 Å². The van der Waals surface area contributed by atoms with Gasteiger partial charge in [-0.1, -0.05) is 66.7 Å². The van der Waals surface area contributed by atoms with E-state index in [0.29, 0.717) is 13.0 Å². The molecule has 0 radical (unpaired) electrons. The van der Waals surface area contributed by atoms with Gasteiger partial charge < -0.3 is 9.84 Å². The zero-order chi connectivity index (χ0) is 21.8. The van der Waals surface area contributed by atoms with Crippen molar-refractivity contribution in [2.24, 2.45) is 0 Å². The fraction of sp³-hybridized carbons (Fsp3) is 0.222. The van der Waals surface area contributed by atoms with Crippen molar-refractivity contribution in [3.8, 4) is 17.0 Å². The lowest BCUT2D eigenvalue weighted by Crippen LogP contribution is -2.25. The Bertz CT molecular complexity index is 1160. The quantitative estimate of drug-likeness (QED) is 0.468. The Labute approximate surface area is 188 Å². The maximum Gasteiger partial charge on any atom is 0.123 e. The van der Waals surface area contributed by atoms with Crippen molar-refractivity contribution in [3.63, 3.8) is 0 Å². The lowest BCUT2D eigenvalue weighted by atomic mass is 9.99. The summed E-state index contributed by atoms with van der Waals surface area (Å²) in [6.07, 6.45) is 1.97. The van der Waals surface area contributed by atoms with E-state index in [-0.39, 0.29) is 0 Å². The van der Waals surface area contributed by atoms with Crippen LogP contribution in [0.25, 0.3) is 11.3 Å². The van der Waals surface area contributed by atoms with Crippen LogP contribution in [0.15, 0.2) is 85.1 Å². The van der Waals surface area contributed by atoms with Crippen molar-refractivity contribution in [1.29, 1.82) is 0 Å². The summed E-state index contributed by atoms with van der Waals surface area (Å²) in [5.74, 6) is 0.902. The first-order valence-electron chi connectivity index (χ1n) is 11.0. The van der Waals surface area contributed by atoms with Gasteiger partial charge in [-0.25, -0.2) is 0 Å². The largest absolute Gasteiger partial charge is 0.492 e. The van der Waals surface area contributed by atoms with Crippen LogP contribution in [0.4, 0.5) is 0 Å². The third kappa shape index (κ3) is 4.59. The van der Waals surface area contributed by atoms with Crippen molar-refractivity contribution >= 4 is 0 Å². The summed E-state index contributed by atoms with van der Waals surface area (Å²) in [5.41, 5.74) is 6.52. The summed E-state index contributed by atoms with van der Waals surface area (Å²) in [6, 6.07) is 26.5. The van der Waals surface area contributed by atoms with Crippen LogP contribution in [0.3, 0.4) is 0 Å². The fourth-order valence-corrected chi connectivity index (χ4v) is 4.29. The lowest BCUT2D eigenvalue weighted by molar-refractivity contribution is 0.178. The van der Waals surface area contributed by atoms with E-state index in [4.69, 9.17) is 4.74 Å². The van der Waals surface area contributed by atoms with E-state index in [2.05, 4.69) is 33.3 Å². The molecule has 2 heterocycles. The second-order valence-corrected chi connectivity index (χ2v) is 8.27. The van der Waals surface area contributed by atoms with Gasteiger partial charge in [-0.2, -0.15) is 5.10 Å². The van der Waals surface area contributed by atoms with Crippen LogP contribution in [0.2, 0.25) is 0 Å². The van der Waals surface area contributed by atoms with E-state index in [1.807, 2.05) is 66.9 Å². The number of aliphatic hydroxyl groups excluding tert-OH is 1. The molecule has 1 unspecified atom stereocenters. The minimum absolute atomic E-state index is 0.544. The number of nitrogens with zero attached hydrogens (tertiary/aromatic N) is 2. The summed E-state index contributed by atoms with van der Waals surface area (Å²) < 4.78 is 6.02. The summed E-state index contributed by atoms with van der Waals surface area (Å²) in [5, 5.41) is 18.3. The van der Waals surface area contributed by atoms with E-state index in [9.17, 15) is 5.11 Å². The number of nitrogens with one attached hydrogen (secondary N) is 1. The van der Waals surface area contributed by atoms with E-state index < -0.39 is 6.10 Å². The first-order chi connectivity index (χ1) is 15.8. The normalized spacial score (nSPS) is 14.9. The first kappa shape index (κ1) is 20.5. The molecule has 0 spiro atoms. The highest BCUT2D eigenvalue weighted by Crippen LogP contribution is 2.30. The highest BCUT2D eigenvalue weighted by atomic mass is 16.5. The van der Waals surface area contributed by atoms with Gasteiger partial charge in [0.1, 0.15) is 12.4 Å². The number of hydrogen-bond donors (Lipinski definition) is 2. The number of ether oxygens (including phenoxy) is 1. The molecular weight excluding hydrogens is 398 g/mol. The van der Waals surface area contributed by atoms with Gasteiger partial charge in [-0.15, -0.1) is 0 Å². The van der Waals surface area contributed by atoms with E-state index in [1.54, 1.807) is 0 Å². The Morgan fingerprint density at radius 1 is 1.00 bits per heavy atom. The Kier molecular flexibility index (Phi) is 6.01. The molecule has 0 saturated heterocycles. The van der Waals surface area contributed by atoms with Crippen LogP contribution in [0, 0.1) is 0 Å². The van der Waals surface area contributed by atoms with Crippen LogP contribution >= 0.6 is 0 Å². The van der Waals surface area contributed by atoms with E-state index in [1.165, 1.54) is 5.56 Å². The summed E-state index contributed by atoms with van der Waals surface area (Å²) in [7, 11) is 0. The molecule has 5 nitrogen and oxygen atoms in total. The molecule has 0 bridgehead atoms. The highest BCUT2D eigenvalue weighted by molar-refractivity contribution is 5.62. The molecule has 2 N–H and O–H groups in total. The molecule has 5 heteroatoms. The molecule has 0 saturated carbocycles. The summed E-state index contributed by atoms with van der Waals surface area (Å²) >= 11 is 0. The predicted molar refractivity (Wildman–Crippen MR) is 125 cm³/mol. The molecule has 32 heavy (non-hydrogen) atoms. The molecule has 0 fully saturated rings. The predicted octanol–water partition coefficient (Wildman–Crippen LogP) is 4.75. The van der Waals surface area contributed by atoms with Gasteiger partial charge in [0.25, 0.3) is 0 Å². The van der Waals surface area contributed by atoms with Crippen molar-refractivity contribution < 1.29 is 9.84 Å². The number of rotatable bonds is 6. The Morgan fingerprint density at radius 2 is 1.78 bits per heavy atom. The van der Waals surface area contributed by atoms with Gasteiger partial charge in [0.05, 0.1) is 18.0 Å². The molecular formula is C27H27N3O2. The molecule has 4 aromatic rings. The standard InChI is InChI=1S/C27H27N3O2/c31-25(15-20-7-3-1-4-8-20)22-11-12-26-23(16-22)18-30(13-14-32-26)19-24-17-28-29-27(24)21-9-5-2-6-10-21/h1-12,16-17,25,31H,13-15,18-19H2,(H,28,29). The SMILES string of the molecule is OC(Cc1ccccc1)c1ccc2c(c1)CN(Cc1cn[nH]c1-c1ccccc1)CCO2. The van der Waals surface area contributed by atoms with Crippen molar-refractivity contribution in [1.82, 2.24) is 15.1 Å². The van der Waals surface area contributed by atoms with Gasteiger partial charge in [-0.3, -0.25) is 10.00 Å². The maximum absolute atomic E-state index is 10.8. The van der Waals surface area contributed by atoms with Crippen LogP contribution < -0.4 is 4.74 Å². The Hall–Kier alpha value is -3.41. The van der Waals surface area contributed by atoms with Gasteiger partial charge >= 0.3 is 0 Å². The minimum Gasteiger partial charge on any atom is -0.492 e. The number of aliphatic hydroxyl groups is 1. The number of fused-ring (bicyclic) bond motifs is 1. The number of hydrogen-bond acceptors (Lipinski definition) is 4. The second-order valence-electron chi connectivity index (χ2n) is 8.27. The number of aromatic nitrogens is 2. The monoisotopic (exact) mass is 425 g/mol. The minimum atomic E-state index is -0.544. The van der Waals surface area contributed by atoms with Gasteiger partial charge in [0, 0.05) is 37.2 Å². The zero-order valence-corrected chi connectivity index (χ0v) is 17.9. The number of aromatic amines is 1. The lowest BCUT2D eigenvalue weighted by Gasteiger charge is -2.20. The van der Waals surface area contributed by atoms with Crippen LogP contribution in [-0.2, 0) is 19.5 Å². The Morgan fingerprint density at radius 3 is 2.59 bits per heavy atom. The van der Waals surface area contributed by atoms with Crippen molar-refractivity contribution in [2.45, 2.75) is 25.6 Å². The third-order valence-corrected chi connectivity index (χ3v) is 5.97. The van der Waals surface area contributed by atoms with E-state index in [0.717, 1.165) is 53.3 Å². The van der Waals surface area contributed by atoms with Gasteiger partial charge in [-0.05, 0) is 28.8 Å². The molecule has 1 aliphatic rings. The summed E-state index contributed by atoms with van der Waals surface area (Å²) in [6.45, 7) is 3.01. The maximum atomic E-state index is 10.8. The molecule has 0 aliphatic carbocycles. The molecule has 1 aliphatic heterocycles. The average Bonchev–Trinajstić information content (AvgIpc) is 3.19. The number of H-pyrrole nitrogens is 1. The number of benzene rings is 3. The average molecular weight is 426 g/mol. The first-order valence-corrected chi connectivity index (χ1v) is 11.0. The van der Waals surface area contributed by atoms with Gasteiger partial charge in [0.2, 0.25) is 0 Å². The second kappa shape index (κ2) is 9.39. The van der Waals surface area contributed by atoms with Crippen LogP contribution in [-0.4, -0.2) is 33.4 Å². The smallest absolute Gasteiger partial charge is 0.123 e. The fourth-order valence-electron chi connectivity index (χ4n) is 4.29. The van der Waals surface area contributed by atoms with Crippen molar-refractivity contribution in [3.05, 3.63) is 107 Å². The molecule has 0 amide bonds. The molecule has 1 aromatic heterocycles. The topological polar surface area (TPSA) is 61.4 Å².